The Bertz CT molecular complexity index is 1980. The predicted molar refractivity (Wildman–Crippen MR) is 169 cm³/mol. The molecule has 0 bridgehead atoms. The monoisotopic (exact) mass is 576 g/mol. The molecule has 0 unspecified atom stereocenters. The average Bonchev–Trinajstić information content (AvgIpc) is 3.44. The van der Waals surface area contributed by atoms with E-state index in [0.29, 0.717) is 0 Å². The Morgan fingerprint density at radius 1 is 0.568 bits per heavy atom. The number of fused-ring (bicyclic) bond motifs is 5. The number of thiophene rings is 2. The highest BCUT2D eigenvalue weighted by atomic mass is 79.9. The Morgan fingerprint density at radius 2 is 1.24 bits per heavy atom. The molecule has 180 valence electrons. The zero-order valence-corrected chi connectivity index (χ0v) is 24.2. The van der Waals surface area contributed by atoms with Crippen molar-refractivity contribution in [1.82, 2.24) is 0 Å². The van der Waals surface area contributed by atoms with E-state index in [2.05, 4.69) is 134 Å². The van der Waals surface area contributed by atoms with Crippen LogP contribution >= 0.6 is 38.6 Å². The van der Waals surface area contributed by atoms with Crippen molar-refractivity contribution in [3.8, 4) is 21.6 Å². The molecule has 0 radical (unpaired) electrons. The van der Waals surface area contributed by atoms with Crippen LogP contribution in [0.3, 0.4) is 0 Å². The molecule has 0 aliphatic carbocycles. The second-order valence-electron chi connectivity index (χ2n) is 10.8. The summed E-state index contributed by atoms with van der Waals surface area (Å²) in [6.07, 6.45) is 0. The lowest BCUT2D eigenvalue weighted by Gasteiger charge is -2.21. The fraction of sp³-hybridized carbons (Fsp3) is 0.118. The Labute approximate surface area is 233 Å². The van der Waals surface area contributed by atoms with Crippen LogP contribution in [0.4, 0.5) is 0 Å². The summed E-state index contributed by atoms with van der Waals surface area (Å²) in [5, 5.41) is 6.57. The minimum Gasteiger partial charge on any atom is -0.135 e. The Balaban J connectivity index is 1.39. The van der Waals surface area contributed by atoms with E-state index in [-0.39, 0.29) is 5.41 Å². The van der Waals surface area contributed by atoms with Gasteiger partial charge in [0.15, 0.2) is 0 Å². The lowest BCUT2D eigenvalue weighted by Crippen LogP contribution is -2.11. The van der Waals surface area contributed by atoms with Gasteiger partial charge in [0.05, 0.1) is 4.88 Å². The molecule has 7 rings (SSSR count). The van der Waals surface area contributed by atoms with Crippen LogP contribution in [0.5, 0.6) is 0 Å². The van der Waals surface area contributed by atoms with Gasteiger partial charge in [-0.3, -0.25) is 0 Å². The molecule has 0 aliphatic rings. The van der Waals surface area contributed by atoms with Crippen LogP contribution < -0.4 is 0 Å². The highest BCUT2D eigenvalue weighted by Crippen LogP contribution is 2.47. The topological polar surface area (TPSA) is 0 Å². The summed E-state index contributed by atoms with van der Waals surface area (Å²) in [4.78, 5) is 1.30. The van der Waals surface area contributed by atoms with Crippen LogP contribution in [-0.4, -0.2) is 0 Å². The van der Waals surface area contributed by atoms with E-state index in [9.17, 15) is 0 Å². The molecule has 37 heavy (non-hydrogen) atoms. The lowest BCUT2D eigenvalue weighted by atomic mass is 9.84. The first-order chi connectivity index (χ1) is 17.9. The van der Waals surface area contributed by atoms with Crippen LogP contribution in [0, 0.1) is 0 Å². The number of hydrogen-bond acceptors (Lipinski definition) is 2. The number of hydrogen-bond donors (Lipinski definition) is 0. The molecule has 2 aromatic heterocycles. The van der Waals surface area contributed by atoms with E-state index in [4.69, 9.17) is 0 Å². The molecule has 0 saturated heterocycles. The zero-order chi connectivity index (χ0) is 25.3. The van der Waals surface area contributed by atoms with Gasteiger partial charge < -0.3 is 0 Å². The van der Waals surface area contributed by atoms with Gasteiger partial charge in [0.1, 0.15) is 0 Å². The normalized spacial score (nSPS) is 12.3. The Morgan fingerprint density at radius 3 is 2.08 bits per heavy atom. The van der Waals surface area contributed by atoms with E-state index < -0.39 is 0 Å². The number of benzene rings is 5. The van der Waals surface area contributed by atoms with Crippen molar-refractivity contribution in [2.24, 2.45) is 0 Å². The molecule has 2 heterocycles. The maximum atomic E-state index is 4.03. The zero-order valence-electron chi connectivity index (χ0n) is 20.9. The summed E-state index contributed by atoms with van der Waals surface area (Å²) in [7, 11) is 0. The molecule has 0 N–H and O–H groups in total. The third-order valence-corrected chi connectivity index (χ3v) is 10.7. The first kappa shape index (κ1) is 23.2. The summed E-state index contributed by atoms with van der Waals surface area (Å²) in [5.74, 6) is 0. The van der Waals surface area contributed by atoms with Gasteiger partial charge in [-0.1, -0.05) is 87.5 Å². The molecule has 5 aromatic carbocycles. The minimum absolute atomic E-state index is 0.0837. The lowest BCUT2D eigenvalue weighted by molar-refractivity contribution is 0.591. The van der Waals surface area contributed by atoms with Gasteiger partial charge in [0, 0.05) is 40.3 Å². The molecular weight excluding hydrogens is 552 g/mol. The molecule has 3 heteroatoms. The van der Waals surface area contributed by atoms with Crippen LogP contribution in [-0.2, 0) is 5.41 Å². The largest absolute Gasteiger partial charge is 0.135 e. The standard InChI is InChI=1S/C34H25BrS2/c1-34(2,3)23-16-22-8-4-5-9-24(22)27(19-23)33-32(35)28-17-20(13-15-30(28)37-33)21-12-14-26-25-10-6-7-11-29(25)36-31(26)18-21/h4-19H,1-3H3. The van der Waals surface area contributed by atoms with Crippen molar-refractivity contribution in [3.63, 3.8) is 0 Å². The van der Waals surface area contributed by atoms with Crippen molar-refractivity contribution in [2.75, 3.05) is 0 Å². The molecule has 0 fully saturated rings. The number of halogens is 1. The first-order valence-corrected chi connectivity index (χ1v) is 15.0. The van der Waals surface area contributed by atoms with Gasteiger partial charge in [0.25, 0.3) is 0 Å². The van der Waals surface area contributed by atoms with Gasteiger partial charge in [-0.25, -0.2) is 0 Å². The minimum atomic E-state index is 0.0837. The first-order valence-electron chi connectivity index (χ1n) is 12.5. The maximum absolute atomic E-state index is 4.03. The molecule has 7 aromatic rings. The SMILES string of the molecule is CC(C)(C)c1cc(-c2sc3ccc(-c4ccc5c(c4)sc4ccccc45)cc3c2Br)c2ccccc2c1. The van der Waals surface area contributed by atoms with Crippen molar-refractivity contribution >= 4 is 79.6 Å². The van der Waals surface area contributed by atoms with E-state index in [1.54, 1.807) is 0 Å². The van der Waals surface area contributed by atoms with E-state index in [1.165, 1.54) is 72.6 Å². The van der Waals surface area contributed by atoms with Crippen molar-refractivity contribution in [2.45, 2.75) is 26.2 Å². The fourth-order valence-corrected chi connectivity index (χ4v) is 8.42. The van der Waals surface area contributed by atoms with Gasteiger partial charge >= 0.3 is 0 Å². The second kappa shape index (κ2) is 8.52. The van der Waals surface area contributed by atoms with Crippen LogP contribution in [0.15, 0.2) is 102 Å². The summed E-state index contributed by atoms with van der Waals surface area (Å²) >= 11 is 7.78. The van der Waals surface area contributed by atoms with E-state index in [1.807, 2.05) is 22.7 Å². The number of rotatable bonds is 2. The quantitative estimate of drug-likeness (QED) is 0.192. The summed E-state index contributed by atoms with van der Waals surface area (Å²) in [5.41, 5.74) is 5.28. The summed E-state index contributed by atoms with van der Waals surface area (Å²) in [6.45, 7) is 6.88. The Kier molecular flexibility index (Phi) is 5.34. The molecule has 0 atom stereocenters. The van der Waals surface area contributed by atoms with Gasteiger partial charge in [-0.05, 0) is 79.1 Å². The molecule has 0 aliphatic heterocycles. The highest BCUT2D eigenvalue weighted by Gasteiger charge is 2.20. The van der Waals surface area contributed by atoms with Gasteiger partial charge in [-0.15, -0.1) is 22.7 Å². The molecule has 0 spiro atoms. The van der Waals surface area contributed by atoms with E-state index in [0.717, 1.165) is 0 Å². The smallest absolute Gasteiger partial charge is 0.0503 e. The van der Waals surface area contributed by atoms with Gasteiger partial charge in [0.2, 0.25) is 0 Å². The van der Waals surface area contributed by atoms with Crippen molar-refractivity contribution in [3.05, 3.63) is 107 Å². The third-order valence-electron chi connectivity index (χ3n) is 7.31. The second-order valence-corrected chi connectivity index (χ2v) is 13.7. The third kappa shape index (κ3) is 3.84. The van der Waals surface area contributed by atoms with Crippen LogP contribution in [0.25, 0.3) is 62.6 Å². The van der Waals surface area contributed by atoms with Crippen molar-refractivity contribution < 1.29 is 0 Å². The summed E-state index contributed by atoms with van der Waals surface area (Å²) in [6, 6.07) is 36.0. The fourth-order valence-electron chi connectivity index (χ4n) is 5.26. The van der Waals surface area contributed by atoms with Crippen LogP contribution in [0.2, 0.25) is 0 Å². The molecular formula is C34H25BrS2. The van der Waals surface area contributed by atoms with Crippen LogP contribution in [0.1, 0.15) is 26.3 Å². The summed E-state index contributed by atoms with van der Waals surface area (Å²) < 4.78 is 5.18. The molecule has 0 nitrogen and oxygen atoms in total. The predicted octanol–water partition coefficient (Wildman–Crippen LogP) is 11.8. The van der Waals surface area contributed by atoms with E-state index >= 15 is 0 Å². The Hall–Kier alpha value is -2.98. The highest BCUT2D eigenvalue weighted by molar-refractivity contribution is 9.10. The maximum Gasteiger partial charge on any atom is 0.0503 e. The van der Waals surface area contributed by atoms with Gasteiger partial charge in [-0.2, -0.15) is 0 Å². The van der Waals surface area contributed by atoms with Crippen molar-refractivity contribution in [1.29, 1.82) is 0 Å². The molecule has 0 saturated carbocycles. The molecule has 0 amide bonds. The average molecular weight is 578 g/mol.